The van der Waals surface area contributed by atoms with Gasteiger partial charge in [-0.25, -0.2) is 0 Å². The maximum Gasteiger partial charge on any atom is 0.306 e. The van der Waals surface area contributed by atoms with Gasteiger partial charge in [-0.05, 0) is 49.1 Å². The standard InChI is InChI=1S/C18H19N3O5/c22-17(9-14-8-11-1-2-13(14)7-11)25-10-16-19-18(20-26-16)12-3-5-15(6-4-12)21(23)24/h3-6,11,13-14H,1-2,7-10H2. The van der Waals surface area contributed by atoms with Crippen molar-refractivity contribution in [3.63, 3.8) is 0 Å². The summed E-state index contributed by atoms with van der Waals surface area (Å²) >= 11 is 0. The van der Waals surface area contributed by atoms with Gasteiger partial charge in [0.1, 0.15) is 0 Å². The number of hydrogen-bond donors (Lipinski definition) is 0. The van der Waals surface area contributed by atoms with Gasteiger partial charge in [0.25, 0.3) is 11.6 Å². The number of ether oxygens (including phenoxy) is 1. The third kappa shape index (κ3) is 3.44. The first-order valence-corrected chi connectivity index (χ1v) is 8.81. The van der Waals surface area contributed by atoms with Crippen LogP contribution in [0.15, 0.2) is 28.8 Å². The predicted molar refractivity (Wildman–Crippen MR) is 89.7 cm³/mol. The van der Waals surface area contributed by atoms with Gasteiger partial charge < -0.3 is 9.26 Å². The van der Waals surface area contributed by atoms with Crippen molar-refractivity contribution in [3.05, 3.63) is 40.3 Å². The number of nitrogens with zero attached hydrogens (tertiary/aromatic N) is 3. The molecule has 136 valence electrons. The Morgan fingerprint density at radius 1 is 1.27 bits per heavy atom. The van der Waals surface area contributed by atoms with Crippen LogP contribution in [0.5, 0.6) is 0 Å². The molecule has 4 rings (SSSR count). The quantitative estimate of drug-likeness (QED) is 0.442. The monoisotopic (exact) mass is 357 g/mol. The number of carbonyl (C=O) groups is 1. The van der Waals surface area contributed by atoms with Crippen LogP contribution in [-0.2, 0) is 16.1 Å². The van der Waals surface area contributed by atoms with Gasteiger partial charge in [-0.1, -0.05) is 11.6 Å². The van der Waals surface area contributed by atoms with Gasteiger partial charge in [0, 0.05) is 24.1 Å². The lowest BCUT2D eigenvalue weighted by Gasteiger charge is -2.20. The average molecular weight is 357 g/mol. The molecule has 1 aromatic heterocycles. The Morgan fingerprint density at radius 2 is 2.08 bits per heavy atom. The molecule has 2 bridgehead atoms. The number of hydrogen-bond acceptors (Lipinski definition) is 7. The van der Waals surface area contributed by atoms with E-state index >= 15 is 0 Å². The summed E-state index contributed by atoms with van der Waals surface area (Å²) in [5.41, 5.74) is 0.589. The molecule has 26 heavy (non-hydrogen) atoms. The molecule has 3 atom stereocenters. The highest BCUT2D eigenvalue weighted by molar-refractivity contribution is 5.69. The average Bonchev–Trinajstić information content (AvgIpc) is 3.37. The van der Waals surface area contributed by atoms with E-state index in [9.17, 15) is 14.9 Å². The molecule has 2 fully saturated rings. The topological polar surface area (TPSA) is 108 Å². The summed E-state index contributed by atoms with van der Waals surface area (Å²) < 4.78 is 10.4. The maximum absolute atomic E-state index is 12.1. The molecule has 8 heteroatoms. The van der Waals surface area contributed by atoms with E-state index in [4.69, 9.17) is 9.26 Å². The molecule has 2 aliphatic rings. The van der Waals surface area contributed by atoms with Crippen LogP contribution in [0, 0.1) is 27.9 Å². The van der Waals surface area contributed by atoms with Crippen molar-refractivity contribution < 1.29 is 19.0 Å². The van der Waals surface area contributed by atoms with Crippen molar-refractivity contribution >= 4 is 11.7 Å². The number of nitro benzene ring substituents is 1. The first-order chi connectivity index (χ1) is 12.6. The van der Waals surface area contributed by atoms with Crippen LogP contribution >= 0.6 is 0 Å². The van der Waals surface area contributed by atoms with Crippen LogP contribution in [0.2, 0.25) is 0 Å². The third-order valence-electron chi connectivity index (χ3n) is 5.47. The van der Waals surface area contributed by atoms with Crippen molar-refractivity contribution in [2.24, 2.45) is 17.8 Å². The normalized spacial score (nSPS) is 23.9. The summed E-state index contributed by atoms with van der Waals surface area (Å²) in [6.45, 7) is -0.0559. The molecular weight excluding hydrogens is 338 g/mol. The van der Waals surface area contributed by atoms with Gasteiger partial charge >= 0.3 is 5.97 Å². The number of esters is 1. The molecular formula is C18H19N3O5. The van der Waals surface area contributed by atoms with E-state index in [1.54, 1.807) is 12.1 Å². The fraction of sp³-hybridized carbons (Fsp3) is 0.500. The van der Waals surface area contributed by atoms with Gasteiger partial charge in [-0.15, -0.1) is 0 Å². The molecule has 1 aromatic carbocycles. The van der Waals surface area contributed by atoms with Gasteiger partial charge in [-0.2, -0.15) is 4.98 Å². The molecule has 2 aromatic rings. The second-order valence-corrected chi connectivity index (χ2v) is 7.12. The molecule has 0 amide bonds. The Kier molecular flexibility index (Phi) is 4.40. The van der Waals surface area contributed by atoms with Crippen molar-refractivity contribution in [2.75, 3.05) is 0 Å². The summed E-state index contributed by atoms with van der Waals surface area (Å²) in [4.78, 5) is 26.4. The lowest BCUT2D eigenvalue weighted by atomic mass is 9.86. The van der Waals surface area contributed by atoms with Crippen LogP contribution in [0.25, 0.3) is 11.4 Å². The largest absolute Gasteiger partial charge is 0.456 e. The SMILES string of the molecule is O=C(CC1CC2CCC1C2)OCc1nc(-c2ccc([N+](=O)[O-])cc2)no1. The molecule has 0 saturated heterocycles. The van der Waals surface area contributed by atoms with E-state index in [1.165, 1.54) is 31.4 Å². The Bertz CT molecular complexity index is 816. The third-order valence-corrected chi connectivity index (χ3v) is 5.47. The van der Waals surface area contributed by atoms with Crippen molar-refractivity contribution in [1.82, 2.24) is 10.1 Å². The number of non-ortho nitro benzene ring substituents is 1. The van der Waals surface area contributed by atoms with Crippen LogP contribution in [-0.4, -0.2) is 21.0 Å². The van der Waals surface area contributed by atoms with Crippen LogP contribution in [0.4, 0.5) is 5.69 Å². The van der Waals surface area contributed by atoms with E-state index in [0.717, 1.165) is 12.3 Å². The highest BCUT2D eigenvalue weighted by Gasteiger charge is 2.40. The highest BCUT2D eigenvalue weighted by atomic mass is 16.6. The van der Waals surface area contributed by atoms with Gasteiger partial charge in [0.2, 0.25) is 5.82 Å². The van der Waals surface area contributed by atoms with E-state index in [-0.39, 0.29) is 24.2 Å². The van der Waals surface area contributed by atoms with E-state index in [1.807, 2.05) is 0 Å². The molecule has 2 aliphatic carbocycles. The number of fused-ring (bicyclic) bond motifs is 2. The van der Waals surface area contributed by atoms with Crippen molar-refractivity contribution in [1.29, 1.82) is 0 Å². The van der Waals surface area contributed by atoms with Crippen LogP contribution < -0.4 is 0 Å². The fourth-order valence-electron chi connectivity index (χ4n) is 4.20. The Hall–Kier alpha value is -2.77. The number of nitro groups is 1. The van der Waals surface area contributed by atoms with Gasteiger partial charge in [0.05, 0.1) is 4.92 Å². The second kappa shape index (κ2) is 6.86. The Balaban J connectivity index is 1.30. The summed E-state index contributed by atoms with van der Waals surface area (Å²) in [6, 6.07) is 5.85. The van der Waals surface area contributed by atoms with Crippen LogP contribution in [0.1, 0.15) is 38.0 Å². The van der Waals surface area contributed by atoms with Crippen molar-refractivity contribution in [3.8, 4) is 11.4 Å². The molecule has 8 nitrogen and oxygen atoms in total. The van der Waals surface area contributed by atoms with E-state index in [0.29, 0.717) is 29.6 Å². The van der Waals surface area contributed by atoms with E-state index in [2.05, 4.69) is 10.1 Å². The predicted octanol–water partition coefficient (Wildman–Crippen LogP) is 3.51. The summed E-state index contributed by atoms with van der Waals surface area (Å²) in [6.07, 6.45) is 5.42. The molecule has 3 unspecified atom stereocenters. The maximum atomic E-state index is 12.1. The van der Waals surface area contributed by atoms with Crippen molar-refractivity contribution in [2.45, 2.75) is 38.7 Å². The minimum absolute atomic E-state index is 0.00740. The van der Waals surface area contributed by atoms with Gasteiger partial charge in [0.15, 0.2) is 6.61 Å². The molecule has 0 spiro atoms. The number of aromatic nitrogens is 2. The first kappa shape index (κ1) is 16.7. The second-order valence-electron chi connectivity index (χ2n) is 7.12. The molecule has 0 radical (unpaired) electrons. The van der Waals surface area contributed by atoms with E-state index < -0.39 is 4.92 Å². The summed E-state index contributed by atoms with van der Waals surface area (Å²) in [5.74, 6) is 2.23. The lowest BCUT2D eigenvalue weighted by Crippen LogP contribution is -2.17. The van der Waals surface area contributed by atoms with Gasteiger partial charge in [-0.3, -0.25) is 14.9 Å². The minimum Gasteiger partial charge on any atom is -0.456 e. The Labute approximate surface area is 149 Å². The summed E-state index contributed by atoms with van der Waals surface area (Å²) in [7, 11) is 0. The zero-order chi connectivity index (χ0) is 18.1. The fourth-order valence-corrected chi connectivity index (χ4v) is 4.20. The molecule has 2 saturated carbocycles. The number of rotatable bonds is 6. The smallest absolute Gasteiger partial charge is 0.306 e. The first-order valence-electron chi connectivity index (χ1n) is 8.81. The zero-order valence-corrected chi connectivity index (χ0v) is 14.2. The number of benzene rings is 1. The highest BCUT2D eigenvalue weighted by Crippen LogP contribution is 2.49. The minimum atomic E-state index is -0.471. The molecule has 0 aliphatic heterocycles. The zero-order valence-electron chi connectivity index (χ0n) is 14.2. The molecule has 0 N–H and O–H groups in total. The lowest BCUT2D eigenvalue weighted by molar-refractivity contribution is -0.384. The summed E-state index contributed by atoms with van der Waals surface area (Å²) in [5, 5.41) is 14.5. The Morgan fingerprint density at radius 3 is 2.73 bits per heavy atom. The molecule has 1 heterocycles. The van der Waals surface area contributed by atoms with Crippen LogP contribution in [0.3, 0.4) is 0 Å². The number of carbonyl (C=O) groups excluding carboxylic acids is 1.